The first-order valence-electron chi connectivity index (χ1n) is 11.5. The molecule has 35 heavy (non-hydrogen) atoms. The molecule has 1 N–H and O–H groups in total. The number of nitrogens with zero attached hydrogens (tertiary/aromatic N) is 2. The van der Waals surface area contributed by atoms with E-state index in [4.69, 9.17) is 13.9 Å². The van der Waals surface area contributed by atoms with Crippen molar-refractivity contribution < 1.29 is 28.3 Å². The zero-order valence-corrected chi connectivity index (χ0v) is 19.9. The predicted molar refractivity (Wildman–Crippen MR) is 126 cm³/mol. The summed E-state index contributed by atoms with van der Waals surface area (Å²) >= 11 is 0. The largest absolute Gasteiger partial charge is 0.490 e. The lowest BCUT2D eigenvalue weighted by molar-refractivity contribution is -0.130. The van der Waals surface area contributed by atoms with E-state index in [9.17, 15) is 14.4 Å². The number of ether oxygens (including phenoxy) is 2. The lowest BCUT2D eigenvalue weighted by Gasteiger charge is -2.23. The van der Waals surface area contributed by atoms with Gasteiger partial charge in [0.25, 0.3) is 5.91 Å². The molecule has 0 unspecified atom stereocenters. The van der Waals surface area contributed by atoms with Gasteiger partial charge in [0.1, 0.15) is 11.3 Å². The maximum Gasteiger partial charge on any atom is 0.325 e. The molecule has 9 nitrogen and oxygen atoms in total. The molecule has 3 amide bonds. The summed E-state index contributed by atoms with van der Waals surface area (Å²) in [6.07, 6.45) is 2.36. The maximum atomic E-state index is 13.4. The van der Waals surface area contributed by atoms with Crippen LogP contribution in [-0.2, 0) is 16.9 Å². The SMILES string of the molecule is Cc1cc(C(=O)CN2C(=O)N[C@@](C)(c3ccc4c(c3)OCCCO4)C2=O)c(C)n1Cc1ccco1. The fourth-order valence-corrected chi connectivity index (χ4v) is 4.62. The van der Waals surface area contributed by atoms with Gasteiger partial charge in [0.15, 0.2) is 17.3 Å². The van der Waals surface area contributed by atoms with E-state index in [2.05, 4.69) is 5.32 Å². The number of carbonyl (C=O) groups is 3. The fourth-order valence-electron chi connectivity index (χ4n) is 4.62. The van der Waals surface area contributed by atoms with Crippen LogP contribution in [-0.4, -0.2) is 46.9 Å². The Morgan fingerprint density at radius 2 is 1.86 bits per heavy atom. The Kier molecular flexibility index (Phi) is 5.62. The van der Waals surface area contributed by atoms with E-state index in [0.717, 1.165) is 28.5 Å². The van der Waals surface area contributed by atoms with Crippen LogP contribution in [0.1, 0.15) is 46.4 Å². The Hall–Kier alpha value is -4.01. The van der Waals surface area contributed by atoms with Gasteiger partial charge in [-0.05, 0) is 56.7 Å². The van der Waals surface area contributed by atoms with E-state index in [1.165, 1.54) is 0 Å². The van der Waals surface area contributed by atoms with Crippen LogP contribution in [0.25, 0.3) is 0 Å². The van der Waals surface area contributed by atoms with Crippen molar-refractivity contribution in [3.05, 3.63) is 70.9 Å². The summed E-state index contributed by atoms with van der Waals surface area (Å²) in [5.41, 5.74) is 1.35. The smallest absolute Gasteiger partial charge is 0.325 e. The number of furan rings is 1. The van der Waals surface area contributed by atoms with Crippen molar-refractivity contribution in [3.63, 3.8) is 0 Å². The molecule has 2 aliphatic rings. The number of rotatable bonds is 6. The number of imide groups is 1. The average Bonchev–Trinajstić information content (AvgIpc) is 3.43. The van der Waals surface area contributed by atoms with Crippen molar-refractivity contribution >= 4 is 17.7 Å². The highest BCUT2D eigenvalue weighted by Gasteiger charge is 2.50. The normalized spacial score (nSPS) is 19.6. The van der Waals surface area contributed by atoms with Crippen LogP contribution in [0.15, 0.2) is 47.1 Å². The number of aromatic nitrogens is 1. The summed E-state index contributed by atoms with van der Waals surface area (Å²) < 4.78 is 18.8. The van der Waals surface area contributed by atoms with Crippen molar-refractivity contribution in [1.82, 2.24) is 14.8 Å². The molecular weight excluding hydrogens is 450 g/mol. The van der Waals surface area contributed by atoms with Gasteiger partial charge in [-0.25, -0.2) is 4.79 Å². The second-order valence-corrected chi connectivity index (χ2v) is 9.03. The van der Waals surface area contributed by atoms with Gasteiger partial charge in [-0.15, -0.1) is 0 Å². The Balaban J connectivity index is 1.36. The first kappa shape index (κ1) is 22.8. The number of nitrogens with one attached hydrogen (secondary N) is 1. The molecule has 3 aromatic rings. The summed E-state index contributed by atoms with van der Waals surface area (Å²) in [5.74, 6) is 1.10. The molecule has 182 valence electrons. The van der Waals surface area contributed by atoms with Crippen molar-refractivity contribution in [2.75, 3.05) is 19.8 Å². The number of fused-ring (bicyclic) bond motifs is 1. The van der Waals surface area contributed by atoms with Crippen molar-refractivity contribution in [3.8, 4) is 11.5 Å². The van der Waals surface area contributed by atoms with E-state index < -0.39 is 17.5 Å². The molecule has 5 rings (SSSR count). The summed E-state index contributed by atoms with van der Waals surface area (Å²) in [4.78, 5) is 40.4. The molecule has 2 aromatic heterocycles. The molecule has 0 saturated carbocycles. The quantitative estimate of drug-likeness (QED) is 0.430. The van der Waals surface area contributed by atoms with Crippen molar-refractivity contribution in [1.29, 1.82) is 0 Å². The summed E-state index contributed by atoms with van der Waals surface area (Å²) in [6, 6.07) is 10.0. The molecule has 9 heteroatoms. The minimum absolute atomic E-state index is 0.310. The molecule has 1 fully saturated rings. The highest BCUT2D eigenvalue weighted by atomic mass is 16.5. The summed E-state index contributed by atoms with van der Waals surface area (Å²) in [5, 5.41) is 2.76. The van der Waals surface area contributed by atoms with Crippen LogP contribution in [0.2, 0.25) is 0 Å². The third-order valence-electron chi connectivity index (χ3n) is 6.67. The van der Waals surface area contributed by atoms with Crippen LogP contribution >= 0.6 is 0 Å². The Labute approximate surface area is 202 Å². The number of aryl methyl sites for hydroxylation is 1. The highest BCUT2D eigenvalue weighted by Crippen LogP contribution is 2.36. The van der Waals surface area contributed by atoms with E-state index in [1.54, 1.807) is 37.5 Å². The third-order valence-corrected chi connectivity index (χ3v) is 6.67. The first-order valence-corrected chi connectivity index (χ1v) is 11.5. The van der Waals surface area contributed by atoms with Crippen molar-refractivity contribution in [2.45, 2.75) is 39.3 Å². The fraction of sp³-hybridized carbons (Fsp3) is 0.346. The zero-order chi connectivity index (χ0) is 24.7. The Morgan fingerprint density at radius 1 is 1.09 bits per heavy atom. The molecule has 0 bridgehead atoms. The molecule has 0 aliphatic carbocycles. The van der Waals surface area contributed by atoms with Gasteiger partial charge in [0.05, 0.1) is 32.6 Å². The van der Waals surface area contributed by atoms with Crippen LogP contribution in [0.5, 0.6) is 11.5 Å². The molecule has 2 aliphatic heterocycles. The van der Waals surface area contributed by atoms with E-state index in [1.807, 2.05) is 30.5 Å². The molecule has 1 aromatic carbocycles. The zero-order valence-electron chi connectivity index (χ0n) is 19.9. The monoisotopic (exact) mass is 477 g/mol. The second-order valence-electron chi connectivity index (χ2n) is 9.03. The standard InChI is InChI=1S/C26H27N3O6/c1-16-12-20(17(2)28(16)14-19-6-4-9-33-19)21(30)15-29-24(31)26(3,27-25(29)32)18-7-8-22-23(13-18)35-11-5-10-34-22/h4,6-9,12-13H,5,10-11,14-15H2,1-3H3,(H,27,32)/t26-/m0/s1. The number of carbonyl (C=O) groups excluding carboxylic acids is 3. The minimum atomic E-state index is -1.32. The van der Waals surface area contributed by atoms with Gasteiger partial charge < -0.3 is 23.8 Å². The number of ketones is 1. The van der Waals surface area contributed by atoms with E-state index in [-0.39, 0.29) is 12.3 Å². The molecule has 4 heterocycles. The topological polar surface area (TPSA) is 103 Å². The third kappa shape index (κ3) is 3.96. The number of hydrogen-bond acceptors (Lipinski definition) is 6. The molecule has 0 radical (unpaired) electrons. The number of amides is 3. The minimum Gasteiger partial charge on any atom is -0.490 e. The molecule has 0 spiro atoms. The van der Waals surface area contributed by atoms with Gasteiger partial charge in [0, 0.05) is 23.4 Å². The van der Waals surface area contributed by atoms with E-state index >= 15 is 0 Å². The average molecular weight is 478 g/mol. The maximum absolute atomic E-state index is 13.4. The lowest BCUT2D eigenvalue weighted by Crippen LogP contribution is -2.41. The van der Waals surface area contributed by atoms with Gasteiger partial charge >= 0.3 is 6.03 Å². The van der Waals surface area contributed by atoms with Crippen LogP contribution in [0.3, 0.4) is 0 Å². The van der Waals surface area contributed by atoms with Gasteiger partial charge in [0.2, 0.25) is 0 Å². The van der Waals surface area contributed by atoms with Gasteiger partial charge in [-0.2, -0.15) is 0 Å². The number of benzene rings is 1. The van der Waals surface area contributed by atoms with Gasteiger partial charge in [-0.1, -0.05) is 6.07 Å². The molecular formula is C26H27N3O6. The number of hydrogen-bond donors (Lipinski definition) is 1. The van der Waals surface area contributed by atoms with Crippen molar-refractivity contribution in [2.24, 2.45) is 0 Å². The second kappa shape index (κ2) is 8.65. The predicted octanol–water partition coefficient (Wildman–Crippen LogP) is 3.56. The Bertz CT molecular complexity index is 1310. The number of Topliss-reactive ketones (excluding diaryl/α,β-unsaturated/α-hetero) is 1. The van der Waals surface area contributed by atoms with Gasteiger partial charge in [-0.3, -0.25) is 14.5 Å². The molecule has 1 atom stereocenters. The Morgan fingerprint density at radius 3 is 2.60 bits per heavy atom. The highest BCUT2D eigenvalue weighted by molar-refractivity contribution is 6.11. The first-order chi connectivity index (χ1) is 16.8. The summed E-state index contributed by atoms with van der Waals surface area (Å²) in [6.45, 7) is 6.58. The van der Waals surface area contributed by atoms with E-state index in [0.29, 0.717) is 42.4 Å². The van der Waals surface area contributed by atoms with Crippen LogP contribution < -0.4 is 14.8 Å². The number of urea groups is 1. The van der Waals surface area contributed by atoms with Crippen LogP contribution in [0, 0.1) is 13.8 Å². The lowest BCUT2D eigenvalue weighted by atomic mass is 9.91. The molecule has 1 saturated heterocycles. The van der Waals surface area contributed by atoms with Crippen LogP contribution in [0.4, 0.5) is 4.79 Å². The summed E-state index contributed by atoms with van der Waals surface area (Å²) in [7, 11) is 0.